The van der Waals surface area contributed by atoms with Gasteiger partial charge in [0.05, 0.1) is 26.3 Å². The summed E-state index contributed by atoms with van der Waals surface area (Å²) in [5.41, 5.74) is 0.683. The molecule has 3 rings (SSSR count). The van der Waals surface area contributed by atoms with Crippen LogP contribution in [0.3, 0.4) is 0 Å². The minimum absolute atomic E-state index is 0.0843. The van der Waals surface area contributed by atoms with Crippen LogP contribution in [-0.4, -0.2) is 14.3 Å². The van der Waals surface area contributed by atoms with Gasteiger partial charge < -0.3 is 5.32 Å². The van der Waals surface area contributed by atoms with E-state index in [2.05, 4.69) is 11.9 Å². The molecule has 1 aliphatic heterocycles. The molecule has 0 atom stereocenters. The van der Waals surface area contributed by atoms with Gasteiger partial charge in [-0.05, 0) is 30.3 Å². The largest absolute Gasteiger partial charge is 0.322 e. The predicted octanol–water partition coefficient (Wildman–Crippen LogP) is 3.18. The monoisotopic (exact) mass is 354 g/mol. The number of nitrogens with zero attached hydrogens (tertiary/aromatic N) is 1. The van der Waals surface area contributed by atoms with Crippen molar-refractivity contribution in [2.45, 2.75) is 4.90 Å². The summed E-state index contributed by atoms with van der Waals surface area (Å²) in [5, 5.41) is 2.88. The van der Waals surface area contributed by atoms with Crippen molar-refractivity contribution >= 4 is 50.5 Å². The molecular weight excluding hydrogens is 347 g/mol. The summed E-state index contributed by atoms with van der Waals surface area (Å²) in [6, 6.07) is 10.5. The van der Waals surface area contributed by atoms with E-state index in [-0.39, 0.29) is 14.9 Å². The van der Waals surface area contributed by atoms with Crippen LogP contribution in [0.1, 0.15) is 0 Å². The minimum atomic E-state index is -4.03. The number of benzene rings is 2. The molecule has 0 saturated heterocycles. The smallest absolute Gasteiger partial charge is 0.265 e. The number of nitrogens with one attached hydrogen (secondary N) is 1. The van der Waals surface area contributed by atoms with Crippen LogP contribution in [0.2, 0.25) is 10.0 Å². The number of carbonyl (C=O) groups excluding carboxylic acids is 1. The Bertz CT molecular complexity index is 868. The van der Waals surface area contributed by atoms with Gasteiger partial charge in [0, 0.05) is 0 Å². The Balaban J connectivity index is 2.13. The van der Waals surface area contributed by atoms with Crippen LogP contribution in [0.5, 0.6) is 0 Å². The fraction of sp³-hybridized carbons (Fsp3) is 0. The van der Waals surface area contributed by atoms with Gasteiger partial charge in [-0.3, -0.25) is 4.79 Å². The van der Waals surface area contributed by atoms with E-state index in [9.17, 15) is 13.2 Å². The maximum absolute atomic E-state index is 12.7. The Morgan fingerprint density at radius 2 is 1.77 bits per heavy atom. The molecule has 112 valence electrons. The number of carbonyl (C=O) groups is 1. The molecule has 0 saturated carbocycles. The van der Waals surface area contributed by atoms with Crippen molar-refractivity contribution in [2.24, 2.45) is 0 Å². The van der Waals surface area contributed by atoms with E-state index in [4.69, 9.17) is 23.2 Å². The number of sulfonamides is 1. The molecule has 0 aromatic heterocycles. The molecule has 1 N–H and O–H groups in total. The molecule has 1 heterocycles. The second-order valence-corrected chi connectivity index (χ2v) is 7.03. The Morgan fingerprint density at radius 1 is 1.05 bits per heavy atom. The first kappa shape index (κ1) is 15.1. The highest BCUT2D eigenvalue weighted by atomic mass is 35.5. The first-order valence-corrected chi connectivity index (χ1v) is 8.26. The van der Waals surface area contributed by atoms with E-state index in [0.717, 1.165) is 4.31 Å². The molecule has 1 aliphatic rings. The standard InChI is InChI=1S/C14H8Cl2N2O3S/c15-10-6-5-9(7-11(10)16)22(20,21)18-8-14(19)17-12-3-1-2-4-13(12)18/h1-7H,(H,17,19). The normalized spacial score (nSPS) is 14.5. The molecule has 0 spiro atoms. The highest BCUT2D eigenvalue weighted by molar-refractivity contribution is 7.93. The van der Waals surface area contributed by atoms with Gasteiger partial charge in [0.15, 0.2) is 0 Å². The quantitative estimate of drug-likeness (QED) is 0.900. The fourth-order valence-electron chi connectivity index (χ4n) is 1.99. The third kappa shape index (κ3) is 2.54. The maximum Gasteiger partial charge on any atom is 0.265 e. The van der Waals surface area contributed by atoms with Crippen LogP contribution >= 0.6 is 23.2 Å². The van der Waals surface area contributed by atoms with Gasteiger partial charge in [-0.25, -0.2) is 12.7 Å². The van der Waals surface area contributed by atoms with Gasteiger partial charge in [-0.15, -0.1) is 0 Å². The van der Waals surface area contributed by atoms with Gasteiger partial charge >= 0.3 is 0 Å². The summed E-state index contributed by atoms with van der Waals surface area (Å²) in [7, 11) is -4.03. The van der Waals surface area contributed by atoms with Crippen molar-refractivity contribution in [1.82, 2.24) is 0 Å². The van der Waals surface area contributed by atoms with Crippen molar-refractivity contribution in [3.63, 3.8) is 0 Å². The highest BCUT2D eigenvalue weighted by Crippen LogP contribution is 2.36. The van der Waals surface area contributed by atoms with Gasteiger partial charge in [-0.2, -0.15) is 0 Å². The lowest BCUT2D eigenvalue weighted by Crippen LogP contribution is -2.38. The van der Waals surface area contributed by atoms with Crippen molar-refractivity contribution in [2.75, 3.05) is 9.62 Å². The first-order chi connectivity index (χ1) is 10.4. The van der Waals surface area contributed by atoms with Gasteiger partial charge in [0.1, 0.15) is 0 Å². The SMILES string of the molecule is O=C1[C]N(S(=O)(=O)c2ccc(Cl)c(Cl)c2)c2ccccc2N1. The van der Waals surface area contributed by atoms with Crippen molar-refractivity contribution < 1.29 is 13.2 Å². The molecule has 0 fully saturated rings. The van der Waals surface area contributed by atoms with Crippen molar-refractivity contribution in [3.8, 4) is 0 Å². The van der Waals surface area contributed by atoms with Crippen molar-refractivity contribution in [3.05, 3.63) is 59.1 Å². The third-order valence-electron chi connectivity index (χ3n) is 3.00. The van der Waals surface area contributed by atoms with Crippen LogP contribution < -0.4 is 9.62 Å². The molecule has 2 radical (unpaired) electrons. The molecular formula is C14H8Cl2N2O3S. The highest BCUT2D eigenvalue weighted by Gasteiger charge is 2.33. The second-order valence-electron chi connectivity index (χ2n) is 4.43. The Hall–Kier alpha value is -1.76. The zero-order valence-electron chi connectivity index (χ0n) is 10.9. The average molecular weight is 355 g/mol. The number of fused-ring (bicyclic) bond motifs is 1. The number of anilines is 2. The Labute approximate surface area is 137 Å². The molecule has 2 aromatic carbocycles. The van der Waals surface area contributed by atoms with Crippen LogP contribution in [-0.2, 0) is 14.8 Å². The number of hydrogen-bond donors (Lipinski definition) is 1. The number of hydrogen-bond acceptors (Lipinski definition) is 3. The van der Waals surface area contributed by atoms with Crippen LogP contribution in [0, 0.1) is 6.54 Å². The fourth-order valence-corrected chi connectivity index (χ4v) is 3.69. The topological polar surface area (TPSA) is 66.5 Å². The summed E-state index contributed by atoms with van der Waals surface area (Å²) in [6.07, 6.45) is 0. The minimum Gasteiger partial charge on any atom is -0.322 e. The average Bonchev–Trinajstić information content (AvgIpc) is 2.49. The van der Waals surface area contributed by atoms with Crippen LogP contribution in [0.4, 0.5) is 11.4 Å². The Kier molecular flexibility index (Phi) is 3.76. The zero-order valence-corrected chi connectivity index (χ0v) is 13.2. The summed E-state index contributed by atoms with van der Waals surface area (Å²) in [6.45, 7) is 2.26. The molecule has 2 aromatic rings. The number of amides is 1. The summed E-state index contributed by atoms with van der Waals surface area (Å²) in [4.78, 5) is 11.6. The lowest BCUT2D eigenvalue weighted by atomic mass is 10.2. The zero-order chi connectivity index (χ0) is 15.9. The van der Waals surface area contributed by atoms with E-state index in [1.165, 1.54) is 18.2 Å². The van der Waals surface area contributed by atoms with E-state index in [1.807, 2.05) is 0 Å². The molecule has 0 unspecified atom stereocenters. The van der Waals surface area contributed by atoms with E-state index >= 15 is 0 Å². The van der Waals surface area contributed by atoms with Crippen LogP contribution in [0.25, 0.3) is 0 Å². The lowest BCUT2D eigenvalue weighted by Gasteiger charge is -2.28. The molecule has 8 heteroatoms. The Morgan fingerprint density at radius 3 is 2.50 bits per heavy atom. The summed E-state index contributed by atoms with van der Waals surface area (Å²) >= 11 is 11.7. The van der Waals surface area contributed by atoms with Gasteiger partial charge in [-0.1, -0.05) is 35.3 Å². The van der Waals surface area contributed by atoms with E-state index in [1.54, 1.807) is 24.3 Å². The number of para-hydroxylation sites is 2. The summed E-state index contributed by atoms with van der Waals surface area (Å²) < 4.78 is 26.3. The number of rotatable bonds is 2. The molecule has 5 nitrogen and oxygen atoms in total. The van der Waals surface area contributed by atoms with Crippen molar-refractivity contribution in [1.29, 1.82) is 0 Å². The van der Waals surface area contributed by atoms with Crippen LogP contribution in [0.15, 0.2) is 47.4 Å². The van der Waals surface area contributed by atoms with Gasteiger partial charge in [0.2, 0.25) is 6.54 Å². The second kappa shape index (κ2) is 5.46. The maximum atomic E-state index is 12.7. The first-order valence-electron chi connectivity index (χ1n) is 6.06. The number of halogens is 2. The van der Waals surface area contributed by atoms with E-state index < -0.39 is 15.9 Å². The summed E-state index contributed by atoms with van der Waals surface area (Å²) in [5.74, 6) is -0.651. The third-order valence-corrected chi connectivity index (χ3v) is 5.36. The molecule has 1 amide bonds. The molecule has 0 bridgehead atoms. The van der Waals surface area contributed by atoms with Gasteiger partial charge in [0.25, 0.3) is 15.9 Å². The van der Waals surface area contributed by atoms with E-state index in [0.29, 0.717) is 11.4 Å². The predicted molar refractivity (Wildman–Crippen MR) is 84.4 cm³/mol. The molecule has 0 aliphatic carbocycles. The molecule has 22 heavy (non-hydrogen) atoms. The lowest BCUT2D eigenvalue weighted by molar-refractivity contribution is -0.113.